The van der Waals surface area contributed by atoms with E-state index in [1.54, 1.807) is 18.9 Å². The average molecular weight is 439 g/mol. The molecule has 0 aliphatic carbocycles. The van der Waals surface area contributed by atoms with E-state index < -0.39 is 0 Å². The van der Waals surface area contributed by atoms with Crippen LogP contribution in [0.1, 0.15) is 38.7 Å². The van der Waals surface area contributed by atoms with Gasteiger partial charge in [-0.05, 0) is 51.0 Å². The van der Waals surface area contributed by atoms with Crippen molar-refractivity contribution in [1.82, 2.24) is 20.1 Å². The van der Waals surface area contributed by atoms with Crippen molar-refractivity contribution in [3.8, 4) is 22.8 Å². The first-order valence-electron chi connectivity index (χ1n) is 10.6. The fourth-order valence-corrected chi connectivity index (χ4v) is 3.95. The lowest BCUT2D eigenvalue weighted by Crippen LogP contribution is -2.31. The molecule has 0 bridgehead atoms. The van der Waals surface area contributed by atoms with E-state index in [0.29, 0.717) is 6.42 Å². The number of amides is 1. The molecule has 6 nitrogen and oxygen atoms in total. The summed E-state index contributed by atoms with van der Waals surface area (Å²) in [5, 5.41) is 12.8. The van der Waals surface area contributed by atoms with E-state index in [0.717, 1.165) is 46.6 Å². The first-order chi connectivity index (χ1) is 15.0. The van der Waals surface area contributed by atoms with Crippen LogP contribution in [0.2, 0.25) is 0 Å². The van der Waals surface area contributed by atoms with Crippen LogP contribution in [-0.4, -0.2) is 39.6 Å². The first-order valence-corrected chi connectivity index (χ1v) is 11.6. The third-order valence-corrected chi connectivity index (χ3v) is 6.09. The monoisotopic (exact) mass is 438 g/mol. The predicted octanol–water partition coefficient (Wildman–Crippen LogP) is 5.04. The number of thioether (sulfide) groups is 1. The molecule has 0 saturated heterocycles. The van der Waals surface area contributed by atoms with Gasteiger partial charge in [-0.1, -0.05) is 48.5 Å². The highest BCUT2D eigenvalue weighted by atomic mass is 32.2. The molecular weight excluding hydrogens is 408 g/mol. The van der Waals surface area contributed by atoms with Crippen LogP contribution in [-0.2, 0) is 4.79 Å². The molecule has 7 heteroatoms. The Morgan fingerprint density at radius 3 is 2.48 bits per heavy atom. The van der Waals surface area contributed by atoms with Gasteiger partial charge in [0, 0.05) is 29.5 Å². The van der Waals surface area contributed by atoms with E-state index in [9.17, 15) is 4.79 Å². The fraction of sp³-hybridized carbons (Fsp3) is 0.375. The van der Waals surface area contributed by atoms with Crippen LogP contribution in [0.5, 0.6) is 5.75 Å². The summed E-state index contributed by atoms with van der Waals surface area (Å²) in [7, 11) is 1.66. The van der Waals surface area contributed by atoms with Crippen molar-refractivity contribution in [3.63, 3.8) is 0 Å². The maximum Gasteiger partial charge on any atom is 0.220 e. The Balaban J connectivity index is 1.78. The van der Waals surface area contributed by atoms with Crippen LogP contribution in [0.4, 0.5) is 0 Å². The molecule has 3 rings (SSSR count). The summed E-state index contributed by atoms with van der Waals surface area (Å²) in [6.45, 7) is 6.16. The minimum atomic E-state index is 0.104. The average Bonchev–Trinajstić information content (AvgIpc) is 3.21. The Morgan fingerprint density at radius 2 is 1.84 bits per heavy atom. The summed E-state index contributed by atoms with van der Waals surface area (Å²) in [6, 6.07) is 16.4. The van der Waals surface area contributed by atoms with Gasteiger partial charge in [-0.25, -0.2) is 0 Å². The van der Waals surface area contributed by atoms with Crippen molar-refractivity contribution in [3.05, 3.63) is 54.1 Å². The standard InChI is InChI=1S/C24H30N4O2S/c1-5-18(3)25-22(29)7-6-16-31-24-27-26-23(19-10-8-17(2)9-11-19)28(24)20-12-14-21(30-4)15-13-20/h8-15,18H,5-7,16H2,1-4H3,(H,25,29). The van der Waals surface area contributed by atoms with Gasteiger partial charge in [-0.2, -0.15) is 0 Å². The molecule has 31 heavy (non-hydrogen) atoms. The summed E-state index contributed by atoms with van der Waals surface area (Å²) in [5.74, 6) is 2.49. The molecule has 0 saturated carbocycles. The number of nitrogens with one attached hydrogen (secondary N) is 1. The van der Waals surface area contributed by atoms with Crippen molar-refractivity contribution in [2.45, 2.75) is 51.2 Å². The van der Waals surface area contributed by atoms with Crippen LogP contribution < -0.4 is 10.1 Å². The molecule has 1 N–H and O–H groups in total. The number of rotatable bonds is 10. The molecule has 0 spiro atoms. The molecule has 1 atom stereocenters. The summed E-state index contributed by atoms with van der Waals surface area (Å²) in [5.41, 5.74) is 3.18. The van der Waals surface area contributed by atoms with Crippen molar-refractivity contribution in [1.29, 1.82) is 0 Å². The van der Waals surface area contributed by atoms with Crippen LogP contribution in [0.3, 0.4) is 0 Å². The van der Waals surface area contributed by atoms with Gasteiger partial charge in [0.2, 0.25) is 5.91 Å². The second-order valence-corrected chi connectivity index (χ2v) is 8.60. The minimum Gasteiger partial charge on any atom is -0.497 e. The molecule has 0 aliphatic heterocycles. The maximum absolute atomic E-state index is 12.0. The van der Waals surface area contributed by atoms with Crippen molar-refractivity contribution >= 4 is 17.7 Å². The fourth-order valence-electron chi connectivity index (χ4n) is 3.06. The Bertz CT molecular complexity index is 984. The van der Waals surface area contributed by atoms with Gasteiger partial charge < -0.3 is 10.1 Å². The summed E-state index contributed by atoms with van der Waals surface area (Å²) < 4.78 is 7.36. The number of hydrogen-bond donors (Lipinski definition) is 1. The quantitative estimate of drug-likeness (QED) is 0.355. The van der Waals surface area contributed by atoms with Crippen molar-refractivity contribution < 1.29 is 9.53 Å². The lowest BCUT2D eigenvalue weighted by Gasteiger charge is -2.12. The number of nitrogens with zero attached hydrogens (tertiary/aromatic N) is 3. The van der Waals surface area contributed by atoms with Gasteiger partial charge >= 0.3 is 0 Å². The Morgan fingerprint density at radius 1 is 1.13 bits per heavy atom. The van der Waals surface area contributed by atoms with E-state index in [1.807, 2.05) is 31.2 Å². The highest BCUT2D eigenvalue weighted by molar-refractivity contribution is 7.99. The van der Waals surface area contributed by atoms with Gasteiger partial charge in [-0.15, -0.1) is 10.2 Å². The topological polar surface area (TPSA) is 69.0 Å². The van der Waals surface area contributed by atoms with E-state index >= 15 is 0 Å². The molecule has 1 aromatic heterocycles. The normalized spacial score (nSPS) is 11.9. The number of hydrogen-bond acceptors (Lipinski definition) is 5. The van der Waals surface area contributed by atoms with Gasteiger partial charge in [-0.3, -0.25) is 9.36 Å². The summed E-state index contributed by atoms with van der Waals surface area (Å²) >= 11 is 1.62. The first kappa shape index (κ1) is 22.9. The molecule has 0 aliphatic rings. The second kappa shape index (κ2) is 11.0. The summed E-state index contributed by atoms with van der Waals surface area (Å²) in [6.07, 6.45) is 2.23. The molecule has 1 amide bonds. The van der Waals surface area contributed by atoms with Crippen LogP contribution >= 0.6 is 11.8 Å². The number of aromatic nitrogens is 3. The van der Waals surface area contributed by atoms with Crippen LogP contribution in [0.25, 0.3) is 17.1 Å². The zero-order valence-corrected chi connectivity index (χ0v) is 19.4. The number of carbonyl (C=O) groups excluding carboxylic acids is 1. The van der Waals surface area contributed by atoms with E-state index in [-0.39, 0.29) is 11.9 Å². The maximum atomic E-state index is 12.0. The van der Waals surface area contributed by atoms with Gasteiger partial charge in [0.1, 0.15) is 5.75 Å². The van der Waals surface area contributed by atoms with E-state index in [2.05, 4.69) is 58.2 Å². The van der Waals surface area contributed by atoms with Gasteiger partial charge in [0.15, 0.2) is 11.0 Å². The molecule has 1 heterocycles. The number of ether oxygens (including phenoxy) is 1. The molecule has 0 fully saturated rings. The third-order valence-electron chi connectivity index (χ3n) is 5.07. The molecule has 3 aromatic rings. The zero-order chi connectivity index (χ0) is 22.2. The van der Waals surface area contributed by atoms with E-state index in [1.165, 1.54) is 5.56 Å². The highest BCUT2D eigenvalue weighted by Gasteiger charge is 2.16. The minimum absolute atomic E-state index is 0.104. The molecule has 164 valence electrons. The largest absolute Gasteiger partial charge is 0.497 e. The van der Waals surface area contributed by atoms with Crippen molar-refractivity contribution in [2.24, 2.45) is 0 Å². The van der Waals surface area contributed by atoms with Gasteiger partial charge in [0.25, 0.3) is 0 Å². The van der Waals surface area contributed by atoms with Crippen LogP contribution in [0, 0.1) is 6.92 Å². The smallest absolute Gasteiger partial charge is 0.220 e. The molecule has 2 aromatic carbocycles. The van der Waals surface area contributed by atoms with E-state index in [4.69, 9.17) is 4.74 Å². The lowest BCUT2D eigenvalue weighted by atomic mass is 10.1. The Hall–Kier alpha value is -2.80. The molecule has 0 radical (unpaired) electrons. The summed E-state index contributed by atoms with van der Waals surface area (Å²) in [4.78, 5) is 12.0. The van der Waals surface area contributed by atoms with Crippen molar-refractivity contribution in [2.75, 3.05) is 12.9 Å². The number of aryl methyl sites for hydroxylation is 1. The lowest BCUT2D eigenvalue weighted by molar-refractivity contribution is -0.121. The number of methoxy groups -OCH3 is 1. The predicted molar refractivity (Wildman–Crippen MR) is 126 cm³/mol. The Kier molecular flexibility index (Phi) is 8.12. The second-order valence-electron chi connectivity index (χ2n) is 7.53. The SMILES string of the molecule is CCC(C)NC(=O)CCCSc1nnc(-c2ccc(C)cc2)n1-c1ccc(OC)cc1. The molecule has 1 unspecified atom stereocenters. The number of benzene rings is 2. The highest BCUT2D eigenvalue weighted by Crippen LogP contribution is 2.29. The molecular formula is C24H30N4O2S. The van der Waals surface area contributed by atoms with Gasteiger partial charge in [0.05, 0.1) is 7.11 Å². The zero-order valence-electron chi connectivity index (χ0n) is 18.6. The Labute approximate surface area is 188 Å². The van der Waals surface area contributed by atoms with Crippen LogP contribution in [0.15, 0.2) is 53.7 Å². The number of carbonyl (C=O) groups is 1. The third kappa shape index (κ3) is 6.10.